The first-order valence-electron chi connectivity index (χ1n) is 36.7. The second-order valence-corrected chi connectivity index (χ2v) is 30.7. The lowest BCUT2D eigenvalue weighted by molar-refractivity contribution is -0.148. The van der Waals surface area contributed by atoms with E-state index < -0.39 is 123 Å². The zero-order valence-electron chi connectivity index (χ0n) is 64.0. The maximum absolute atomic E-state index is 14.6. The lowest BCUT2D eigenvalue weighted by atomic mass is 9.89. The number of ether oxygens (including phenoxy) is 3. The number of aliphatic carboxylic acids is 1. The molecule has 11 atom stereocenters. The van der Waals surface area contributed by atoms with E-state index in [0.29, 0.717) is 74.7 Å². The van der Waals surface area contributed by atoms with Crippen molar-refractivity contribution in [2.45, 2.75) is 231 Å². The Labute approximate surface area is 623 Å². The van der Waals surface area contributed by atoms with E-state index in [9.17, 15) is 66.0 Å². The molecule has 0 bridgehead atoms. The van der Waals surface area contributed by atoms with Gasteiger partial charge in [0.1, 0.15) is 29.9 Å². The minimum absolute atomic E-state index is 0.0173. The number of likely N-dealkylation sites (N-methyl/N-ethyl adjacent to an activating group) is 2. The standard InChI is InChI=1S/C73H117N13O19S/c1-15-46(8)64(85(12)71(97)62(44(4)5)81-70(96)63(45(6)7)84(10)11)56(102-13)41-59(89)86-39-21-23-55(86)65(103-14)47(9)66(92)79-54(68(94)83-106(100,101)52-35-36-52)40-48-29-33-51(34-30-48)105-73(99)76-37-18-16-17-24-58(88)82-104-42-49-27-31-50(32-28-49)77-67(93)53(22-20-38-75-72(74)98)78-69(95)61(43(2)3)80-57(87)25-19-26-60(90)91/h27-34,43-47,52-56,61-65H,15-26,35-42H2,1-14H3,(H,76,99)(H,77,93)(H,78,95)(H,79,92)(H,80,87)(H,81,96)(H,82,88)(H,83,94)(H,90,91)(H3,74,75,98)/t46-,47+,53-,54-,55-,56+,61-,62-,63-,64-,65+/m0/s1. The summed E-state index contributed by atoms with van der Waals surface area (Å²) in [4.78, 5) is 168. The maximum atomic E-state index is 14.6. The van der Waals surface area contributed by atoms with Crippen LogP contribution in [0.1, 0.15) is 170 Å². The summed E-state index contributed by atoms with van der Waals surface area (Å²) >= 11 is 0. The molecule has 594 valence electrons. The van der Waals surface area contributed by atoms with Crippen LogP contribution >= 0.6 is 0 Å². The fourth-order valence-electron chi connectivity index (χ4n) is 12.8. The van der Waals surface area contributed by atoms with Gasteiger partial charge in [0.05, 0.1) is 54.5 Å². The number of anilines is 1. The SMILES string of the molecule is CC[C@H](C)[C@@H]([C@@H](CC(=O)N1CCC[C@H]1[C@H](OC)[C@@H](C)C(=O)N[C@@H](Cc1ccc(OC(=O)NCCCCCC(=O)NOCc2ccc(NC(=O)[C@H](CCCNC(N)=O)NC(=O)[C@@H](NC(=O)CCCC(=O)O)C(C)C)cc2)cc1)C(=O)NS(=O)(=O)C1CC1)OC)N(C)C(=O)[C@@H](NC(=O)[C@H](C(C)C)N(C)C)C(C)C. The molecule has 32 nitrogen and oxygen atoms in total. The van der Waals surface area contributed by atoms with Crippen molar-refractivity contribution in [3.05, 3.63) is 59.7 Å². The number of urea groups is 1. The lowest BCUT2D eigenvalue weighted by Crippen LogP contribution is -2.59. The smallest absolute Gasteiger partial charge is 0.412 e. The average molecular weight is 1510 g/mol. The second-order valence-electron chi connectivity index (χ2n) is 28.7. The van der Waals surface area contributed by atoms with Crippen LogP contribution in [0.3, 0.4) is 0 Å². The predicted octanol–water partition coefficient (Wildman–Crippen LogP) is 4.13. The molecule has 0 unspecified atom stereocenters. The van der Waals surface area contributed by atoms with Gasteiger partial charge in [-0.3, -0.25) is 62.4 Å². The van der Waals surface area contributed by atoms with E-state index >= 15 is 0 Å². The molecule has 0 aromatic heterocycles. The molecule has 2 aliphatic rings. The van der Waals surface area contributed by atoms with Gasteiger partial charge in [-0.25, -0.2) is 23.5 Å². The number of hydrogen-bond acceptors (Lipinski definition) is 19. The summed E-state index contributed by atoms with van der Waals surface area (Å²) in [5.74, 6) is -7.27. The van der Waals surface area contributed by atoms with Gasteiger partial charge in [-0.1, -0.05) is 99.4 Å². The van der Waals surface area contributed by atoms with Crippen LogP contribution in [0, 0.1) is 29.6 Å². The van der Waals surface area contributed by atoms with Crippen LogP contribution in [0.5, 0.6) is 5.75 Å². The number of primary amides is 1. The minimum Gasteiger partial charge on any atom is -0.481 e. The number of benzene rings is 2. The number of sulfonamides is 1. The van der Waals surface area contributed by atoms with Gasteiger partial charge in [0, 0.05) is 72.3 Å². The molecule has 12 N–H and O–H groups in total. The quantitative estimate of drug-likeness (QED) is 0.0328. The fourth-order valence-corrected chi connectivity index (χ4v) is 14.2. The van der Waals surface area contributed by atoms with Crippen molar-refractivity contribution in [2.75, 3.05) is 60.3 Å². The Hall–Kier alpha value is -8.53. The number of methoxy groups -OCH3 is 2. The Morgan fingerprint density at radius 3 is 1.85 bits per heavy atom. The molecule has 0 radical (unpaired) electrons. The van der Waals surface area contributed by atoms with Gasteiger partial charge in [0.15, 0.2) is 0 Å². The summed E-state index contributed by atoms with van der Waals surface area (Å²) in [7, 11) is 4.18. The summed E-state index contributed by atoms with van der Waals surface area (Å²) in [6, 6.07) is 5.82. The van der Waals surface area contributed by atoms with Gasteiger partial charge in [0.25, 0.3) is 5.91 Å². The molecule has 33 heteroatoms. The number of carboxylic acids is 1. The molecule has 1 aliphatic heterocycles. The van der Waals surface area contributed by atoms with Crippen molar-refractivity contribution < 1.29 is 90.1 Å². The number of nitrogens with one attached hydrogen (secondary N) is 9. The zero-order valence-corrected chi connectivity index (χ0v) is 64.9. The number of likely N-dealkylation sites (tertiary alicyclic amines) is 1. The molecule has 2 aromatic rings. The Bertz CT molecular complexity index is 3350. The van der Waals surface area contributed by atoms with Gasteiger partial charge in [-0.2, -0.15) is 0 Å². The number of carboxylic acid groups (broad SMARTS) is 1. The van der Waals surface area contributed by atoms with Crippen LogP contribution in [0.2, 0.25) is 0 Å². The molecule has 12 amide bonds. The largest absolute Gasteiger partial charge is 0.481 e. The normalized spacial score (nSPS) is 16.5. The Balaban J connectivity index is 1.28. The van der Waals surface area contributed by atoms with Gasteiger partial charge in [-0.15, -0.1) is 0 Å². The highest BCUT2D eigenvalue weighted by atomic mass is 32.2. The number of hydrogen-bond donors (Lipinski definition) is 11. The summed E-state index contributed by atoms with van der Waals surface area (Å²) in [6.07, 6.45) is 1.54. The van der Waals surface area contributed by atoms with Crippen LogP contribution in [0.4, 0.5) is 15.3 Å². The Morgan fingerprint density at radius 2 is 1.27 bits per heavy atom. The van der Waals surface area contributed by atoms with Crippen molar-refractivity contribution in [2.24, 2.45) is 35.3 Å². The second kappa shape index (κ2) is 44.6. The van der Waals surface area contributed by atoms with Crippen LogP contribution in [-0.2, 0) is 85.3 Å². The van der Waals surface area contributed by atoms with E-state index in [4.69, 9.17) is 29.9 Å². The molecule has 106 heavy (non-hydrogen) atoms. The van der Waals surface area contributed by atoms with Gasteiger partial charge >= 0.3 is 18.1 Å². The zero-order chi connectivity index (χ0) is 79.1. The van der Waals surface area contributed by atoms with E-state index in [1.165, 1.54) is 26.4 Å². The van der Waals surface area contributed by atoms with E-state index in [0.717, 1.165) is 0 Å². The molecule has 2 aromatic carbocycles. The third kappa shape index (κ3) is 29.7. The highest BCUT2D eigenvalue weighted by Gasteiger charge is 2.45. The Kier molecular flexibility index (Phi) is 37.8. The number of nitrogens with zero attached hydrogens (tertiary/aromatic N) is 3. The molecule has 1 aliphatic carbocycles. The van der Waals surface area contributed by atoms with Crippen LogP contribution in [0.15, 0.2) is 48.5 Å². The molecule has 4 rings (SSSR count). The summed E-state index contributed by atoms with van der Waals surface area (Å²) in [6.45, 7) is 17.3. The summed E-state index contributed by atoms with van der Waals surface area (Å²) < 4.78 is 45.9. The summed E-state index contributed by atoms with van der Waals surface area (Å²) in [5, 5.41) is 27.1. The van der Waals surface area contributed by atoms with Crippen molar-refractivity contribution in [1.82, 2.24) is 56.8 Å². The highest BCUT2D eigenvalue weighted by molar-refractivity contribution is 7.91. The third-order valence-electron chi connectivity index (χ3n) is 19.0. The Morgan fingerprint density at radius 1 is 0.651 bits per heavy atom. The number of carbonyl (C=O) groups excluding carboxylic acids is 11. The van der Waals surface area contributed by atoms with Crippen molar-refractivity contribution in [1.29, 1.82) is 0 Å². The molecular formula is C73H117N13O19S. The van der Waals surface area contributed by atoms with Crippen LogP contribution < -0.4 is 57.9 Å². The van der Waals surface area contributed by atoms with Gasteiger partial charge in [-0.05, 0) is 131 Å². The number of nitrogens with two attached hydrogens (primary N) is 1. The minimum atomic E-state index is -4.05. The van der Waals surface area contributed by atoms with Crippen molar-refractivity contribution in [3.63, 3.8) is 0 Å². The number of carbonyl (C=O) groups is 12. The molecule has 2 fully saturated rings. The number of rotatable bonds is 47. The van der Waals surface area contributed by atoms with E-state index in [1.807, 2.05) is 60.5 Å². The third-order valence-corrected chi connectivity index (χ3v) is 20.9. The first kappa shape index (κ1) is 89.9. The van der Waals surface area contributed by atoms with Crippen molar-refractivity contribution >= 4 is 87.0 Å². The van der Waals surface area contributed by atoms with E-state index in [1.54, 1.807) is 74.0 Å². The fraction of sp³-hybridized carbons (Fsp3) is 0.671. The number of amides is 12. The molecule has 1 saturated heterocycles. The van der Waals surface area contributed by atoms with Crippen LogP contribution in [0.25, 0.3) is 0 Å². The molecule has 1 heterocycles. The lowest BCUT2D eigenvalue weighted by Gasteiger charge is -2.41. The van der Waals surface area contributed by atoms with Gasteiger partial charge < -0.3 is 72.1 Å². The van der Waals surface area contributed by atoms with Crippen LogP contribution in [-0.4, -0.2) is 214 Å². The maximum Gasteiger partial charge on any atom is 0.412 e. The molecule has 1 saturated carbocycles. The van der Waals surface area contributed by atoms with Crippen molar-refractivity contribution in [3.8, 4) is 5.75 Å². The molecular weight excluding hydrogens is 1390 g/mol. The summed E-state index contributed by atoms with van der Waals surface area (Å²) in [5.41, 5.74) is 9.07. The number of hydroxylamine groups is 1. The topological polar surface area (TPSA) is 440 Å². The highest BCUT2D eigenvalue weighted by Crippen LogP contribution is 2.31. The van der Waals surface area contributed by atoms with E-state index in [-0.39, 0.29) is 124 Å². The first-order valence-corrected chi connectivity index (χ1v) is 38.2. The monoisotopic (exact) mass is 1510 g/mol. The first-order chi connectivity index (χ1) is 50.0. The van der Waals surface area contributed by atoms with Gasteiger partial charge in [0.2, 0.25) is 57.3 Å². The predicted molar refractivity (Wildman–Crippen MR) is 395 cm³/mol. The average Bonchev–Trinajstić information content (AvgIpc) is 1.32. The molecule has 0 spiro atoms. The number of unbranched alkanes of at least 4 members (excludes halogenated alkanes) is 2. The van der Waals surface area contributed by atoms with E-state index in [2.05, 4.69) is 47.4 Å².